The van der Waals surface area contributed by atoms with Crippen LogP contribution < -0.4 is 10.2 Å². The van der Waals surface area contributed by atoms with Crippen LogP contribution in [0.2, 0.25) is 0 Å². The fraction of sp³-hybridized carbons (Fsp3) is 0.667. The van der Waals surface area contributed by atoms with Gasteiger partial charge in [-0.05, 0) is 43.4 Å². The third-order valence-corrected chi connectivity index (χ3v) is 3.41. The molecule has 0 radical (unpaired) electrons. The van der Waals surface area contributed by atoms with Crippen molar-refractivity contribution in [1.82, 2.24) is 10.3 Å². The van der Waals surface area contributed by atoms with Crippen molar-refractivity contribution < 1.29 is 0 Å². The highest BCUT2D eigenvalue weighted by molar-refractivity contribution is 5.41. The number of anilines is 1. The molecular weight excluding hydrogens is 222 g/mol. The summed E-state index contributed by atoms with van der Waals surface area (Å²) in [5, 5.41) is 3.45. The van der Waals surface area contributed by atoms with Crippen molar-refractivity contribution in [3.05, 3.63) is 23.9 Å². The molecule has 1 aromatic heterocycles. The van der Waals surface area contributed by atoms with Crippen molar-refractivity contribution in [2.75, 3.05) is 18.0 Å². The molecule has 0 unspecified atom stereocenters. The largest absolute Gasteiger partial charge is 0.357 e. The molecule has 3 heteroatoms. The fourth-order valence-electron chi connectivity index (χ4n) is 2.06. The van der Waals surface area contributed by atoms with Crippen LogP contribution in [0.25, 0.3) is 0 Å². The van der Waals surface area contributed by atoms with Crippen molar-refractivity contribution in [2.24, 2.45) is 5.92 Å². The molecule has 0 amide bonds. The summed E-state index contributed by atoms with van der Waals surface area (Å²) in [5.74, 6) is 2.04. The molecule has 18 heavy (non-hydrogen) atoms. The molecule has 0 bridgehead atoms. The average molecular weight is 247 g/mol. The van der Waals surface area contributed by atoms with Gasteiger partial charge >= 0.3 is 0 Å². The lowest BCUT2D eigenvalue weighted by Crippen LogP contribution is -2.26. The van der Waals surface area contributed by atoms with Crippen molar-refractivity contribution in [3.8, 4) is 0 Å². The Balaban J connectivity index is 1.99. The van der Waals surface area contributed by atoms with E-state index in [1.807, 2.05) is 6.20 Å². The molecule has 0 saturated heterocycles. The SMILES string of the molecule is CCN(CC1CC1)c1cc(CNC(C)C)ccn1. The Hall–Kier alpha value is -1.09. The molecular formula is C15H25N3. The van der Waals surface area contributed by atoms with Crippen molar-refractivity contribution >= 4 is 5.82 Å². The third-order valence-electron chi connectivity index (χ3n) is 3.41. The predicted octanol–water partition coefficient (Wildman–Crippen LogP) is 2.82. The zero-order chi connectivity index (χ0) is 13.0. The molecule has 100 valence electrons. The second-order valence-corrected chi connectivity index (χ2v) is 5.54. The van der Waals surface area contributed by atoms with Crippen LogP contribution in [0, 0.1) is 5.92 Å². The standard InChI is InChI=1S/C15H25N3/c1-4-18(11-13-5-6-13)15-9-14(7-8-16-15)10-17-12(2)3/h7-9,12-13,17H,4-6,10-11H2,1-3H3. The Morgan fingerprint density at radius 1 is 1.44 bits per heavy atom. The maximum atomic E-state index is 4.52. The number of hydrogen-bond acceptors (Lipinski definition) is 3. The Kier molecular flexibility index (Phi) is 4.59. The lowest BCUT2D eigenvalue weighted by Gasteiger charge is -2.22. The molecule has 1 saturated carbocycles. The van der Waals surface area contributed by atoms with Crippen LogP contribution >= 0.6 is 0 Å². The van der Waals surface area contributed by atoms with Gasteiger partial charge in [0.05, 0.1) is 0 Å². The second-order valence-electron chi connectivity index (χ2n) is 5.54. The van der Waals surface area contributed by atoms with Crippen LogP contribution in [-0.4, -0.2) is 24.1 Å². The summed E-state index contributed by atoms with van der Waals surface area (Å²) < 4.78 is 0. The maximum Gasteiger partial charge on any atom is 0.128 e. The van der Waals surface area contributed by atoms with Gasteiger partial charge in [-0.1, -0.05) is 13.8 Å². The Morgan fingerprint density at radius 2 is 2.22 bits per heavy atom. The number of hydrogen-bond donors (Lipinski definition) is 1. The number of aromatic nitrogens is 1. The Bertz CT molecular complexity index is 372. The van der Waals surface area contributed by atoms with E-state index in [9.17, 15) is 0 Å². The van der Waals surface area contributed by atoms with Crippen LogP contribution in [0.5, 0.6) is 0 Å². The normalized spacial score (nSPS) is 15.1. The minimum atomic E-state index is 0.523. The summed E-state index contributed by atoms with van der Waals surface area (Å²) in [5.41, 5.74) is 1.32. The van der Waals surface area contributed by atoms with Gasteiger partial charge in [-0.3, -0.25) is 0 Å². The van der Waals surface area contributed by atoms with E-state index >= 15 is 0 Å². The first-order chi connectivity index (χ1) is 8.69. The Morgan fingerprint density at radius 3 is 2.83 bits per heavy atom. The van der Waals surface area contributed by atoms with Gasteiger partial charge in [0.15, 0.2) is 0 Å². The van der Waals surface area contributed by atoms with E-state index in [0.717, 1.165) is 24.8 Å². The smallest absolute Gasteiger partial charge is 0.128 e. The first kappa shape index (κ1) is 13.3. The summed E-state index contributed by atoms with van der Waals surface area (Å²) in [6.45, 7) is 9.70. The van der Waals surface area contributed by atoms with Crippen LogP contribution in [0.3, 0.4) is 0 Å². The van der Waals surface area contributed by atoms with Crippen LogP contribution in [-0.2, 0) is 6.54 Å². The number of pyridine rings is 1. The van der Waals surface area contributed by atoms with E-state index in [1.54, 1.807) is 0 Å². The molecule has 1 fully saturated rings. The zero-order valence-electron chi connectivity index (χ0n) is 11.8. The van der Waals surface area contributed by atoms with Crippen molar-refractivity contribution in [1.29, 1.82) is 0 Å². The molecule has 3 nitrogen and oxygen atoms in total. The van der Waals surface area contributed by atoms with Gasteiger partial charge in [-0.25, -0.2) is 4.98 Å². The van der Waals surface area contributed by atoms with E-state index in [2.05, 4.69) is 48.1 Å². The van der Waals surface area contributed by atoms with Crippen LogP contribution in [0.4, 0.5) is 5.82 Å². The van der Waals surface area contributed by atoms with Gasteiger partial charge in [0.2, 0.25) is 0 Å². The van der Waals surface area contributed by atoms with E-state index in [0.29, 0.717) is 6.04 Å². The lowest BCUT2D eigenvalue weighted by atomic mass is 10.2. The quantitative estimate of drug-likeness (QED) is 0.803. The minimum absolute atomic E-state index is 0.523. The molecule has 1 aromatic rings. The van der Waals surface area contributed by atoms with Gasteiger partial charge < -0.3 is 10.2 Å². The summed E-state index contributed by atoms with van der Waals surface area (Å²) in [6.07, 6.45) is 4.72. The van der Waals surface area contributed by atoms with Gasteiger partial charge in [-0.15, -0.1) is 0 Å². The van der Waals surface area contributed by atoms with Crippen molar-refractivity contribution in [3.63, 3.8) is 0 Å². The monoisotopic (exact) mass is 247 g/mol. The second kappa shape index (κ2) is 6.19. The highest BCUT2D eigenvalue weighted by Gasteiger charge is 2.24. The summed E-state index contributed by atoms with van der Waals surface area (Å²) in [4.78, 5) is 6.92. The third kappa shape index (κ3) is 3.98. The van der Waals surface area contributed by atoms with Crippen LogP contribution in [0.15, 0.2) is 18.3 Å². The molecule has 0 atom stereocenters. The van der Waals surface area contributed by atoms with E-state index in [4.69, 9.17) is 0 Å². The van der Waals surface area contributed by atoms with Gasteiger partial charge in [0.1, 0.15) is 5.82 Å². The van der Waals surface area contributed by atoms with Crippen LogP contribution in [0.1, 0.15) is 39.2 Å². The first-order valence-electron chi connectivity index (χ1n) is 7.12. The summed E-state index contributed by atoms with van der Waals surface area (Å²) in [6, 6.07) is 4.85. The maximum absolute atomic E-state index is 4.52. The highest BCUT2D eigenvalue weighted by Crippen LogP contribution is 2.30. The molecule has 0 spiro atoms. The molecule has 0 aromatic carbocycles. The molecule has 1 aliphatic carbocycles. The van der Waals surface area contributed by atoms with Crippen molar-refractivity contribution in [2.45, 2.75) is 46.2 Å². The van der Waals surface area contributed by atoms with Gasteiger partial charge in [0.25, 0.3) is 0 Å². The number of rotatable bonds is 7. The Labute approximate surface area is 111 Å². The van der Waals surface area contributed by atoms with Gasteiger partial charge in [0, 0.05) is 31.9 Å². The fourth-order valence-corrected chi connectivity index (χ4v) is 2.06. The minimum Gasteiger partial charge on any atom is -0.357 e. The lowest BCUT2D eigenvalue weighted by molar-refractivity contribution is 0.588. The summed E-state index contributed by atoms with van der Waals surface area (Å²) >= 11 is 0. The number of nitrogens with zero attached hydrogens (tertiary/aromatic N) is 2. The van der Waals surface area contributed by atoms with E-state index in [-0.39, 0.29) is 0 Å². The van der Waals surface area contributed by atoms with E-state index in [1.165, 1.54) is 24.9 Å². The topological polar surface area (TPSA) is 28.2 Å². The number of nitrogens with one attached hydrogen (secondary N) is 1. The molecule has 1 heterocycles. The molecule has 1 aliphatic rings. The molecule has 2 rings (SSSR count). The van der Waals surface area contributed by atoms with E-state index < -0.39 is 0 Å². The average Bonchev–Trinajstić information content (AvgIpc) is 3.18. The molecule has 1 N–H and O–H groups in total. The zero-order valence-corrected chi connectivity index (χ0v) is 11.8. The molecule has 0 aliphatic heterocycles. The predicted molar refractivity (Wildman–Crippen MR) is 76.8 cm³/mol. The van der Waals surface area contributed by atoms with Gasteiger partial charge in [-0.2, -0.15) is 0 Å². The summed E-state index contributed by atoms with van der Waals surface area (Å²) in [7, 11) is 0. The highest BCUT2D eigenvalue weighted by atomic mass is 15.2. The first-order valence-corrected chi connectivity index (χ1v) is 7.12.